The molecule has 2 aromatic heterocycles. The SMILES string of the molecule is COc1c[nH+]c(N/C=C\N)c2[nH]cc(C(=O)C(=O)O)c12. The Morgan fingerprint density at radius 2 is 2.30 bits per heavy atom. The molecule has 104 valence electrons. The molecule has 0 radical (unpaired) electrons. The highest BCUT2D eigenvalue weighted by molar-refractivity contribution is 6.42. The fraction of sp³-hybridized carbons (Fsp3) is 0.0833. The van der Waals surface area contributed by atoms with Gasteiger partial charge in [-0.15, -0.1) is 0 Å². The van der Waals surface area contributed by atoms with Crippen molar-refractivity contribution >= 4 is 28.5 Å². The lowest BCUT2D eigenvalue weighted by Gasteiger charge is -2.03. The number of aliphatic carboxylic acids is 1. The number of ether oxygens (including phenoxy) is 1. The van der Waals surface area contributed by atoms with Gasteiger partial charge in [-0.25, -0.2) is 15.1 Å². The van der Waals surface area contributed by atoms with Crippen LogP contribution in [-0.2, 0) is 4.79 Å². The highest BCUT2D eigenvalue weighted by Crippen LogP contribution is 2.30. The standard InChI is InChI=1S/C12H12N4O4/c1-20-7-5-16-11(14-3-2-13)9-8(7)6(4-15-9)10(17)12(18)19/h2-5,15H,13H2,1H3,(H,14,16)(H,18,19)/p+1/b3-2-. The zero-order valence-corrected chi connectivity index (χ0v) is 10.6. The van der Waals surface area contributed by atoms with Gasteiger partial charge < -0.3 is 20.6 Å². The normalized spacial score (nSPS) is 10.8. The second-order valence-electron chi connectivity index (χ2n) is 3.82. The maximum Gasteiger partial charge on any atom is 0.377 e. The Morgan fingerprint density at radius 1 is 1.55 bits per heavy atom. The van der Waals surface area contributed by atoms with E-state index in [4.69, 9.17) is 15.6 Å². The Balaban J connectivity index is 2.68. The molecule has 2 heterocycles. The largest absolute Gasteiger partial charge is 0.492 e. The predicted octanol–water partition coefficient (Wildman–Crippen LogP) is 0.0997. The lowest BCUT2D eigenvalue weighted by atomic mass is 10.1. The van der Waals surface area contributed by atoms with Crippen molar-refractivity contribution in [3.05, 3.63) is 30.4 Å². The van der Waals surface area contributed by atoms with Gasteiger partial charge in [-0.2, -0.15) is 0 Å². The fourth-order valence-electron chi connectivity index (χ4n) is 1.86. The topological polar surface area (TPSA) is 132 Å². The van der Waals surface area contributed by atoms with Gasteiger partial charge in [0, 0.05) is 12.4 Å². The van der Waals surface area contributed by atoms with Gasteiger partial charge in [-0.3, -0.25) is 4.79 Å². The molecule has 0 unspecified atom stereocenters. The Morgan fingerprint density at radius 3 is 2.90 bits per heavy atom. The summed E-state index contributed by atoms with van der Waals surface area (Å²) in [5.41, 5.74) is 5.78. The van der Waals surface area contributed by atoms with Gasteiger partial charge in [-0.1, -0.05) is 0 Å². The van der Waals surface area contributed by atoms with E-state index < -0.39 is 11.8 Å². The van der Waals surface area contributed by atoms with Crippen molar-refractivity contribution < 1.29 is 24.4 Å². The molecule has 0 fully saturated rings. The lowest BCUT2D eigenvalue weighted by Crippen LogP contribution is -2.14. The van der Waals surface area contributed by atoms with Gasteiger partial charge in [0.25, 0.3) is 5.78 Å². The first-order valence-electron chi connectivity index (χ1n) is 5.60. The van der Waals surface area contributed by atoms with Crippen molar-refractivity contribution in [2.45, 2.75) is 0 Å². The van der Waals surface area contributed by atoms with Crippen LogP contribution < -0.4 is 20.8 Å². The summed E-state index contributed by atoms with van der Waals surface area (Å²) >= 11 is 0. The van der Waals surface area contributed by atoms with Crippen molar-refractivity contribution in [1.82, 2.24) is 4.98 Å². The molecule has 0 bridgehead atoms. The number of Topliss-reactive ketones (excluding diaryl/α,β-unsaturated/α-hetero) is 1. The van der Waals surface area contributed by atoms with E-state index in [9.17, 15) is 9.59 Å². The zero-order chi connectivity index (χ0) is 14.7. The quantitative estimate of drug-likeness (QED) is 0.452. The van der Waals surface area contributed by atoms with E-state index in [0.29, 0.717) is 22.5 Å². The third-order valence-electron chi connectivity index (χ3n) is 2.71. The fourth-order valence-corrected chi connectivity index (χ4v) is 1.86. The number of carboxylic acid groups (broad SMARTS) is 1. The molecule has 8 heteroatoms. The van der Waals surface area contributed by atoms with Crippen molar-refractivity contribution in [2.24, 2.45) is 5.73 Å². The number of carboxylic acids is 1. The van der Waals surface area contributed by atoms with Crippen LogP contribution in [0.1, 0.15) is 10.4 Å². The van der Waals surface area contributed by atoms with Crippen LogP contribution in [0.4, 0.5) is 5.82 Å². The average molecular weight is 277 g/mol. The predicted molar refractivity (Wildman–Crippen MR) is 70.3 cm³/mol. The first-order chi connectivity index (χ1) is 9.60. The lowest BCUT2D eigenvalue weighted by molar-refractivity contribution is -0.360. The Kier molecular flexibility index (Phi) is 3.56. The van der Waals surface area contributed by atoms with E-state index in [-0.39, 0.29) is 5.56 Å². The molecule has 0 aliphatic heterocycles. The average Bonchev–Trinajstić information content (AvgIpc) is 2.88. The van der Waals surface area contributed by atoms with Gasteiger partial charge in [0.15, 0.2) is 5.75 Å². The van der Waals surface area contributed by atoms with Crippen LogP contribution in [0.15, 0.2) is 24.8 Å². The number of carbonyl (C=O) groups is 2. The van der Waals surface area contributed by atoms with Crippen LogP contribution in [0.2, 0.25) is 0 Å². The van der Waals surface area contributed by atoms with Crippen LogP contribution in [0, 0.1) is 0 Å². The van der Waals surface area contributed by atoms with Crippen LogP contribution in [0.5, 0.6) is 5.75 Å². The number of ketones is 1. The number of fused-ring (bicyclic) bond motifs is 1. The minimum atomic E-state index is -1.53. The van der Waals surface area contributed by atoms with Crippen molar-refractivity contribution in [1.29, 1.82) is 0 Å². The molecule has 0 amide bonds. The van der Waals surface area contributed by atoms with E-state index in [0.717, 1.165) is 0 Å². The summed E-state index contributed by atoms with van der Waals surface area (Å²) in [6.45, 7) is 0. The number of anilines is 1. The molecule has 2 aromatic rings. The first-order valence-corrected chi connectivity index (χ1v) is 5.60. The highest BCUT2D eigenvalue weighted by Gasteiger charge is 2.24. The van der Waals surface area contributed by atoms with Gasteiger partial charge >= 0.3 is 11.8 Å². The summed E-state index contributed by atoms with van der Waals surface area (Å²) in [5, 5.41) is 12.1. The number of aromatic nitrogens is 2. The number of pyridine rings is 1. The molecule has 8 nitrogen and oxygen atoms in total. The molecule has 0 spiro atoms. The summed E-state index contributed by atoms with van der Waals surface area (Å²) in [4.78, 5) is 28.3. The summed E-state index contributed by atoms with van der Waals surface area (Å²) in [6, 6.07) is 0. The Bertz CT molecular complexity index is 705. The van der Waals surface area contributed by atoms with E-state index in [2.05, 4.69) is 15.3 Å². The summed E-state index contributed by atoms with van der Waals surface area (Å²) in [5.74, 6) is -1.67. The Hall–Kier alpha value is -3.03. The number of methoxy groups -OCH3 is 1. The van der Waals surface area contributed by atoms with Crippen LogP contribution in [0.3, 0.4) is 0 Å². The molecule has 20 heavy (non-hydrogen) atoms. The molecule has 6 N–H and O–H groups in total. The number of carbonyl (C=O) groups excluding carboxylic acids is 1. The number of H-pyrrole nitrogens is 2. The third-order valence-corrected chi connectivity index (χ3v) is 2.71. The van der Waals surface area contributed by atoms with E-state index >= 15 is 0 Å². The highest BCUT2D eigenvalue weighted by atomic mass is 16.5. The van der Waals surface area contributed by atoms with Crippen LogP contribution in [0.25, 0.3) is 10.9 Å². The van der Waals surface area contributed by atoms with Crippen LogP contribution in [-0.4, -0.2) is 29.0 Å². The first kappa shape index (κ1) is 13.4. The molecule has 0 aliphatic rings. The summed E-state index contributed by atoms with van der Waals surface area (Å²) < 4.78 is 5.15. The number of aromatic amines is 2. The number of hydrogen-bond acceptors (Lipinski definition) is 5. The molecular formula is C12H13N4O4+. The minimum absolute atomic E-state index is 0.0260. The number of rotatable bonds is 5. The third kappa shape index (κ3) is 2.14. The summed E-state index contributed by atoms with van der Waals surface area (Å²) in [7, 11) is 1.43. The molecule has 0 atom stereocenters. The number of hydrogen-bond donors (Lipinski definition) is 4. The second kappa shape index (κ2) is 5.31. The molecule has 0 aromatic carbocycles. The minimum Gasteiger partial charge on any atom is -0.492 e. The maximum atomic E-state index is 11.7. The van der Waals surface area contributed by atoms with Gasteiger partial charge in [0.2, 0.25) is 0 Å². The van der Waals surface area contributed by atoms with E-state index in [1.165, 1.54) is 31.9 Å². The number of nitrogens with one attached hydrogen (secondary N) is 3. The molecule has 0 saturated heterocycles. The van der Waals surface area contributed by atoms with Crippen LogP contribution >= 0.6 is 0 Å². The van der Waals surface area contributed by atoms with Crippen molar-refractivity contribution in [3.8, 4) is 5.75 Å². The molecule has 2 rings (SSSR count). The van der Waals surface area contributed by atoms with Gasteiger partial charge in [0.1, 0.15) is 17.9 Å². The summed E-state index contributed by atoms with van der Waals surface area (Å²) in [6.07, 6.45) is 5.63. The number of nitrogens with two attached hydrogens (primary N) is 1. The monoisotopic (exact) mass is 277 g/mol. The molecule has 0 aliphatic carbocycles. The zero-order valence-electron chi connectivity index (χ0n) is 10.6. The van der Waals surface area contributed by atoms with Crippen molar-refractivity contribution in [2.75, 3.05) is 12.4 Å². The van der Waals surface area contributed by atoms with Gasteiger partial charge in [-0.05, 0) is 0 Å². The van der Waals surface area contributed by atoms with Crippen molar-refractivity contribution in [3.63, 3.8) is 0 Å². The van der Waals surface area contributed by atoms with E-state index in [1.807, 2.05) is 0 Å². The maximum absolute atomic E-state index is 11.7. The smallest absolute Gasteiger partial charge is 0.377 e. The second-order valence-corrected chi connectivity index (χ2v) is 3.82. The molecule has 0 saturated carbocycles. The van der Waals surface area contributed by atoms with E-state index in [1.54, 1.807) is 0 Å². The van der Waals surface area contributed by atoms with Gasteiger partial charge in [0.05, 0.1) is 18.1 Å². The molecular weight excluding hydrogens is 264 g/mol. The Labute approximate surface area is 113 Å².